The Bertz CT molecular complexity index is 504. The number of benzene rings is 1. The summed E-state index contributed by atoms with van der Waals surface area (Å²) < 4.78 is 5.16. The molecule has 0 radical (unpaired) electrons. The number of methoxy groups -OCH3 is 1. The summed E-state index contributed by atoms with van der Waals surface area (Å²) in [7, 11) is 3.35. The van der Waals surface area contributed by atoms with Gasteiger partial charge in [0.25, 0.3) is 0 Å². The van der Waals surface area contributed by atoms with Gasteiger partial charge in [-0.25, -0.2) is 0 Å². The first-order valence-electron chi connectivity index (χ1n) is 6.71. The normalized spacial score (nSPS) is 15.4. The van der Waals surface area contributed by atoms with Crippen molar-refractivity contribution >= 4 is 5.96 Å². The zero-order valence-corrected chi connectivity index (χ0v) is 11.9. The fourth-order valence-electron chi connectivity index (χ4n) is 2.13. The van der Waals surface area contributed by atoms with Crippen LogP contribution in [-0.2, 0) is 6.54 Å². The molecule has 1 aliphatic carbocycles. The van der Waals surface area contributed by atoms with Crippen LogP contribution in [0, 0.1) is 0 Å². The van der Waals surface area contributed by atoms with E-state index < -0.39 is 0 Å². The van der Waals surface area contributed by atoms with E-state index in [0.717, 1.165) is 30.1 Å². The molecule has 3 N–H and O–H groups in total. The fraction of sp³-hybridized carbons (Fsp3) is 0.400. The molecule has 0 aromatic heterocycles. The number of ether oxygens (including phenoxy) is 1. The van der Waals surface area contributed by atoms with E-state index in [9.17, 15) is 5.11 Å². The van der Waals surface area contributed by atoms with Crippen molar-refractivity contribution in [2.75, 3.05) is 14.2 Å². The quantitative estimate of drug-likeness (QED) is 0.445. The number of phenolic OH excluding ortho intramolecular Hbond substituents is 1. The van der Waals surface area contributed by atoms with E-state index in [-0.39, 0.29) is 5.75 Å². The van der Waals surface area contributed by atoms with Crippen LogP contribution < -0.4 is 15.4 Å². The van der Waals surface area contributed by atoms with Crippen LogP contribution in [0.2, 0.25) is 0 Å². The minimum atomic E-state index is 0.247. The van der Waals surface area contributed by atoms with Crippen LogP contribution in [0.15, 0.2) is 35.3 Å². The molecule has 1 aromatic rings. The predicted molar refractivity (Wildman–Crippen MR) is 80.2 cm³/mol. The van der Waals surface area contributed by atoms with Gasteiger partial charge in [0.05, 0.1) is 7.11 Å². The lowest BCUT2D eigenvalue weighted by atomic mass is 10.2. The summed E-state index contributed by atoms with van der Waals surface area (Å²) in [6, 6.07) is 5.58. The topological polar surface area (TPSA) is 65.9 Å². The number of guanidine groups is 1. The molecular weight excluding hydrogens is 254 g/mol. The minimum absolute atomic E-state index is 0.247. The lowest BCUT2D eigenvalue weighted by Crippen LogP contribution is -2.42. The van der Waals surface area contributed by atoms with Gasteiger partial charge in [0, 0.05) is 25.2 Å². The highest BCUT2D eigenvalue weighted by molar-refractivity contribution is 5.80. The van der Waals surface area contributed by atoms with E-state index in [0.29, 0.717) is 12.6 Å². The number of hydrogen-bond donors (Lipinski definition) is 3. The van der Waals surface area contributed by atoms with Crippen molar-refractivity contribution in [2.45, 2.75) is 25.4 Å². The molecule has 5 heteroatoms. The Morgan fingerprint density at radius 3 is 2.80 bits per heavy atom. The lowest BCUT2D eigenvalue weighted by molar-refractivity contribution is 0.410. The smallest absolute Gasteiger partial charge is 0.191 e. The van der Waals surface area contributed by atoms with Gasteiger partial charge < -0.3 is 20.5 Å². The Morgan fingerprint density at radius 2 is 2.15 bits per heavy atom. The van der Waals surface area contributed by atoms with Gasteiger partial charge >= 0.3 is 0 Å². The molecule has 1 aliphatic rings. The monoisotopic (exact) mass is 275 g/mol. The van der Waals surface area contributed by atoms with E-state index in [1.807, 2.05) is 6.07 Å². The van der Waals surface area contributed by atoms with Crippen LogP contribution in [0.1, 0.15) is 18.4 Å². The van der Waals surface area contributed by atoms with Gasteiger partial charge in [-0.2, -0.15) is 0 Å². The highest BCUT2D eigenvalue weighted by Gasteiger charge is 2.12. The zero-order chi connectivity index (χ0) is 14.4. The SMILES string of the molecule is CN=C(NCc1cc(OC)ccc1O)NC1CC=CC1. The van der Waals surface area contributed by atoms with E-state index >= 15 is 0 Å². The van der Waals surface area contributed by atoms with Crippen molar-refractivity contribution in [1.82, 2.24) is 10.6 Å². The molecule has 0 saturated carbocycles. The van der Waals surface area contributed by atoms with Crippen LogP contribution in [0.3, 0.4) is 0 Å². The largest absolute Gasteiger partial charge is 0.508 e. The van der Waals surface area contributed by atoms with E-state index in [4.69, 9.17) is 4.74 Å². The van der Waals surface area contributed by atoms with Gasteiger partial charge in [-0.3, -0.25) is 4.99 Å². The minimum Gasteiger partial charge on any atom is -0.508 e. The number of hydrogen-bond acceptors (Lipinski definition) is 3. The Labute approximate surface area is 119 Å². The summed E-state index contributed by atoms with van der Waals surface area (Å²) in [4.78, 5) is 4.19. The second-order valence-corrected chi connectivity index (χ2v) is 4.70. The van der Waals surface area contributed by atoms with Gasteiger partial charge in [-0.05, 0) is 31.0 Å². The van der Waals surface area contributed by atoms with E-state index in [1.165, 1.54) is 0 Å². The molecule has 0 bridgehead atoms. The van der Waals surface area contributed by atoms with Crippen LogP contribution in [0.4, 0.5) is 0 Å². The number of phenols is 1. The Hall–Kier alpha value is -2.17. The first-order valence-corrected chi connectivity index (χ1v) is 6.71. The van der Waals surface area contributed by atoms with Gasteiger partial charge in [-0.1, -0.05) is 12.2 Å². The first-order chi connectivity index (χ1) is 9.72. The average molecular weight is 275 g/mol. The van der Waals surface area contributed by atoms with Crippen molar-refractivity contribution in [3.05, 3.63) is 35.9 Å². The molecular formula is C15H21N3O2. The predicted octanol–water partition coefficient (Wildman–Crippen LogP) is 1.78. The summed E-state index contributed by atoms with van der Waals surface area (Å²) in [6.45, 7) is 0.489. The van der Waals surface area contributed by atoms with Gasteiger partial charge in [0.15, 0.2) is 5.96 Å². The maximum atomic E-state index is 9.83. The molecule has 0 atom stereocenters. The number of nitrogens with one attached hydrogen (secondary N) is 2. The maximum absolute atomic E-state index is 9.83. The number of aliphatic imine (C=N–C) groups is 1. The maximum Gasteiger partial charge on any atom is 0.191 e. The molecule has 1 aromatic carbocycles. The lowest BCUT2D eigenvalue weighted by Gasteiger charge is -2.17. The Kier molecular flexibility index (Phi) is 4.87. The van der Waals surface area contributed by atoms with E-state index in [2.05, 4.69) is 27.8 Å². The average Bonchev–Trinajstić information content (AvgIpc) is 2.97. The third-order valence-corrected chi connectivity index (χ3v) is 3.31. The highest BCUT2D eigenvalue weighted by atomic mass is 16.5. The van der Waals surface area contributed by atoms with Crippen LogP contribution in [0.5, 0.6) is 11.5 Å². The van der Waals surface area contributed by atoms with Crippen molar-refractivity contribution in [3.63, 3.8) is 0 Å². The van der Waals surface area contributed by atoms with Crippen LogP contribution in [-0.4, -0.2) is 31.3 Å². The molecule has 0 saturated heterocycles. The molecule has 0 heterocycles. The van der Waals surface area contributed by atoms with Gasteiger partial charge in [0.1, 0.15) is 11.5 Å². The number of aromatic hydroxyl groups is 1. The van der Waals surface area contributed by atoms with Gasteiger partial charge in [0.2, 0.25) is 0 Å². The molecule has 2 rings (SSSR count). The highest BCUT2D eigenvalue weighted by Crippen LogP contribution is 2.22. The van der Waals surface area contributed by atoms with Crippen molar-refractivity contribution in [3.8, 4) is 11.5 Å². The second kappa shape index (κ2) is 6.84. The van der Waals surface area contributed by atoms with Crippen molar-refractivity contribution < 1.29 is 9.84 Å². The molecule has 0 aliphatic heterocycles. The molecule has 0 spiro atoms. The summed E-state index contributed by atoms with van der Waals surface area (Å²) in [6.07, 6.45) is 6.37. The second-order valence-electron chi connectivity index (χ2n) is 4.70. The van der Waals surface area contributed by atoms with Gasteiger partial charge in [-0.15, -0.1) is 0 Å². The molecule has 108 valence electrons. The molecule has 0 fully saturated rings. The number of rotatable bonds is 4. The first kappa shape index (κ1) is 14.2. The van der Waals surface area contributed by atoms with Crippen LogP contribution >= 0.6 is 0 Å². The van der Waals surface area contributed by atoms with E-state index in [1.54, 1.807) is 26.3 Å². The Balaban J connectivity index is 1.92. The van der Waals surface area contributed by atoms with Crippen molar-refractivity contribution in [1.29, 1.82) is 0 Å². The third-order valence-electron chi connectivity index (χ3n) is 3.31. The standard InChI is InChI=1S/C15H21N3O2/c1-16-15(18-12-5-3-4-6-12)17-10-11-9-13(20-2)7-8-14(11)19/h3-4,7-9,12,19H,5-6,10H2,1-2H3,(H2,16,17,18). The fourth-order valence-corrected chi connectivity index (χ4v) is 2.13. The summed E-state index contributed by atoms with van der Waals surface area (Å²) >= 11 is 0. The zero-order valence-electron chi connectivity index (χ0n) is 11.9. The summed E-state index contributed by atoms with van der Waals surface area (Å²) in [5, 5.41) is 16.4. The molecule has 20 heavy (non-hydrogen) atoms. The number of nitrogens with zero attached hydrogens (tertiary/aromatic N) is 1. The summed E-state index contributed by atoms with van der Waals surface area (Å²) in [5.74, 6) is 1.71. The molecule has 5 nitrogen and oxygen atoms in total. The summed E-state index contributed by atoms with van der Waals surface area (Å²) in [5.41, 5.74) is 0.775. The van der Waals surface area contributed by atoms with Crippen LogP contribution in [0.25, 0.3) is 0 Å². The third kappa shape index (κ3) is 3.66. The Morgan fingerprint density at radius 1 is 1.40 bits per heavy atom. The molecule has 0 amide bonds. The molecule has 0 unspecified atom stereocenters. The van der Waals surface area contributed by atoms with Crippen molar-refractivity contribution in [2.24, 2.45) is 4.99 Å².